The van der Waals surface area contributed by atoms with Gasteiger partial charge in [-0.05, 0) is 61.6 Å². The summed E-state index contributed by atoms with van der Waals surface area (Å²) in [5, 5.41) is 2.67. The predicted octanol–water partition coefficient (Wildman–Crippen LogP) is 4.98. The second kappa shape index (κ2) is 10.8. The molecular weight excluding hydrogens is 367 g/mol. The van der Waals surface area contributed by atoms with Crippen LogP contribution in [0.2, 0.25) is 0 Å². The number of halogens is 1. The Morgan fingerprint density at radius 2 is 2.03 bits per heavy atom. The smallest absolute Gasteiger partial charge is 0.224 e. The van der Waals surface area contributed by atoms with Gasteiger partial charge in [0.15, 0.2) is 0 Å². The first-order chi connectivity index (χ1) is 14.1. The molecule has 1 heterocycles. The highest BCUT2D eigenvalue weighted by Crippen LogP contribution is 2.22. The molecule has 0 aromatic heterocycles. The van der Waals surface area contributed by atoms with E-state index in [1.807, 2.05) is 24.3 Å². The largest absolute Gasteiger partial charge is 0.497 e. The van der Waals surface area contributed by atoms with Crippen molar-refractivity contribution in [2.45, 2.75) is 25.7 Å². The Kier molecular flexibility index (Phi) is 7.82. The Morgan fingerprint density at radius 1 is 1.24 bits per heavy atom. The predicted molar refractivity (Wildman–Crippen MR) is 115 cm³/mol. The van der Waals surface area contributed by atoms with Crippen molar-refractivity contribution in [3.8, 4) is 5.75 Å². The Balaban J connectivity index is 1.41. The summed E-state index contributed by atoms with van der Waals surface area (Å²) in [6.07, 6.45) is 7.87. The number of rotatable bonds is 8. The van der Waals surface area contributed by atoms with Gasteiger partial charge in [0.25, 0.3) is 0 Å². The molecule has 0 saturated carbocycles. The number of anilines is 1. The molecule has 1 aliphatic heterocycles. The highest BCUT2D eigenvalue weighted by Gasteiger charge is 2.20. The summed E-state index contributed by atoms with van der Waals surface area (Å²) < 4.78 is 18.8. The number of hydrogen-bond donors (Lipinski definition) is 1. The van der Waals surface area contributed by atoms with E-state index in [-0.39, 0.29) is 11.6 Å². The van der Waals surface area contributed by atoms with Gasteiger partial charge in [-0.15, -0.1) is 0 Å². The minimum absolute atomic E-state index is 0.119. The summed E-state index contributed by atoms with van der Waals surface area (Å²) >= 11 is 0. The first-order valence-corrected chi connectivity index (χ1v) is 10.2. The molecule has 1 amide bonds. The summed E-state index contributed by atoms with van der Waals surface area (Å²) in [5.74, 6) is 0.851. The Labute approximate surface area is 172 Å². The average Bonchev–Trinajstić information content (AvgIpc) is 2.75. The molecule has 0 radical (unpaired) electrons. The van der Waals surface area contributed by atoms with E-state index in [1.54, 1.807) is 25.3 Å². The maximum atomic E-state index is 13.6. The normalized spacial score (nSPS) is 17.4. The zero-order valence-corrected chi connectivity index (χ0v) is 16.9. The number of nitrogens with zero attached hydrogens (tertiary/aromatic N) is 1. The van der Waals surface area contributed by atoms with Crippen LogP contribution < -0.4 is 10.1 Å². The summed E-state index contributed by atoms with van der Waals surface area (Å²) in [5.41, 5.74) is 1.41. The third-order valence-corrected chi connectivity index (χ3v) is 5.32. The monoisotopic (exact) mass is 396 g/mol. The number of carbonyl (C=O) groups is 1. The van der Waals surface area contributed by atoms with E-state index in [9.17, 15) is 9.18 Å². The van der Waals surface area contributed by atoms with E-state index in [1.165, 1.54) is 6.07 Å². The lowest BCUT2D eigenvalue weighted by atomic mass is 9.93. The van der Waals surface area contributed by atoms with Gasteiger partial charge in [0, 0.05) is 19.5 Å². The molecule has 5 heteroatoms. The fraction of sp³-hybridized carbons (Fsp3) is 0.375. The minimum Gasteiger partial charge on any atom is -0.497 e. The number of benzene rings is 2. The van der Waals surface area contributed by atoms with Crippen molar-refractivity contribution < 1.29 is 13.9 Å². The van der Waals surface area contributed by atoms with Gasteiger partial charge in [0.05, 0.1) is 12.8 Å². The second-order valence-corrected chi connectivity index (χ2v) is 7.51. The molecule has 0 spiro atoms. The molecule has 0 bridgehead atoms. The minimum atomic E-state index is -0.395. The summed E-state index contributed by atoms with van der Waals surface area (Å²) in [6.45, 7) is 2.99. The molecule has 2 aromatic carbocycles. The van der Waals surface area contributed by atoms with Crippen LogP contribution in [-0.4, -0.2) is 37.6 Å². The van der Waals surface area contributed by atoms with Crippen molar-refractivity contribution in [3.05, 3.63) is 66.0 Å². The summed E-state index contributed by atoms with van der Waals surface area (Å²) in [7, 11) is 1.67. The molecule has 29 heavy (non-hydrogen) atoms. The Hall–Kier alpha value is -2.66. The molecule has 3 rings (SSSR count). The first-order valence-electron chi connectivity index (χ1n) is 10.2. The van der Waals surface area contributed by atoms with E-state index in [0.29, 0.717) is 12.3 Å². The zero-order valence-electron chi connectivity index (χ0n) is 16.9. The molecule has 154 valence electrons. The lowest BCUT2D eigenvalue weighted by Crippen LogP contribution is -2.35. The molecule has 1 saturated heterocycles. The highest BCUT2D eigenvalue weighted by molar-refractivity contribution is 5.90. The molecule has 1 N–H and O–H groups in total. The van der Waals surface area contributed by atoms with Crippen LogP contribution in [0.4, 0.5) is 10.1 Å². The third kappa shape index (κ3) is 6.71. The standard InChI is InChI=1S/C24H29FN2O2/c1-29-21-13-10-19(11-14-21)6-4-16-27-17-5-7-20(18-27)12-15-24(28)26-23-9-3-2-8-22(23)25/h2-4,6,8-11,13-14,20H,5,7,12,15-18H2,1H3,(H,26,28). The number of ether oxygens (including phenoxy) is 1. The van der Waals surface area contributed by atoms with Crippen molar-refractivity contribution >= 4 is 17.7 Å². The topological polar surface area (TPSA) is 41.6 Å². The zero-order chi connectivity index (χ0) is 20.5. The quantitative estimate of drug-likeness (QED) is 0.684. The Bertz CT molecular complexity index is 820. The summed E-state index contributed by atoms with van der Waals surface area (Å²) in [4.78, 5) is 14.6. The number of methoxy groups -OCH3 is 1. The lowest BCUT2D eigenvalue weighted by Gasteiger charge is -2.31. The lowest BCUT2D eigenvalue weighted by molar-refractivity contribution is -0.116. The van der Waals surface area contributed by atoms with E-state index < -0.39 is 5.82 Å². The van der Waals surface area contributed by atoms with Crippen LogP contribution >= 0.6 is 0 Å². The van der Waals surface area contributed by atoms with Gasteiger partial charge in [0.1, 0.15) is 11.6 Å². The number of nitrogens with one attached hydrogen (secondary N) is 1. The fourth-order valence-electron chi connectivity index (χ4n) is 3.72. The van der Waals surface area contributed by atoms with Crippen molar-refractivity contribution in [2.24, 2.45) is 5.92 Å². The van der Waals surface area contributed by atoms with Gasteiger partial charge < -0.3 is 10.1 Å². The van der Waals surface area contributed by atoms with E-state index in [0.717, 1.165) is 50.2 Å². The van der Waals surface area contributed by atoms with Crippen LogP contribution in [0.5, 0.6) is 5.75 Å². The number of para-hydroxylation sites is 1. The van der Waals surface area contributed by atoms with Gasteiger partial charge in [-0.3, -0.25) is 9.69 Å². The molecule has 1 unspecified atom stereocenters. The molecule has 1 aliphatic rings. The van der Waals surface area contributed by atoms with Gasteiger partial charge in [-0.25, -0.2) is 4.39 Å². The van der Waals surface area contributed by atoms with Crippen LogP contribution in [0.1, 0.15) is 31.2 Å². The van der Waals surface area contributed by atoms with E-state index in [4.69, 9.17) is 4.74 Å². The van der Waals surface area contributed by atoms with E-state index in [2.05, 4.69) is 22.4 Å². The van der Waals surface area contributed by atoms with Crippen molar-refractivity contribution in [2.75, 3.05) is 32.1 Å². The van der Waals surface area contributed by atoms with Gasteiger partial charge in [0.2, 0.25) is 5.91 Å². The van der Waals surface area contributed by atoms with Gasteiger partial charge in [-0.2, -0.15) is 0 Å². The molecule has 1 atom stereocenters. The SMILES string of the molecule is COc1ccc(C=CCN2CCCC(CCC(=O)Nc3ccccc3F)C2)cc1. The van der Waals surface area contributed by atoms with Crippen molar-refractivity contribution in [1.29, 1.82) is 0 Å². The number of piperidine rings is 1. The number of carbonyl (C=O) groups excluding carboxylic acids is 1. The fourth-order valence-corrected chi connectivity index (χ4v) is 3.72. The molecular formula is C24H29FN2O2. The third-order valence-electron chi connectivity index (χ3n) is 5.32. The van der Waals surface area contributed by atoms with Gasteiger partial charge in [-0.1, -0.05) is 36.4 Å². The van der Waals surface area contributed by atoms with Crippen molar-refractivity contribution in [3.63, 3.8) is 0 Å². The number of hydrogen-bond acceptors (Lipinski definition) is 3. The van der Waals surface area contributed by atoms with Crippen molar-refractivity contribution in [1.82, 2.24) is 4.90 Å². The first kappa shape index (κ1) is 21.1. The maximum Gasteiger partial charge on any atom is 0.224 e. The number of amides is 1. The van der Waals surface area contributed by atoms with Crippen LogP contribution in [-0.2, 0) is 4.79 Å². The average molecular weight is 397 g/mol. The summed E-state index contributed by atoms with van der Waals surface area (Å²) in [6, 6.07) is 14.3. The molecule has 4 nitrogen and oxygen atoms in total. The molecule has 1 fully saturated rings. The van der Waals surface area contributed by atoms with Gasteiger partial charge >= 0.3 is 0 Å². The van der Waals surface area contributed by atoms with Crippen LogP contribution in [0.25, 0.3) is 6.08 Å². The van der Waals surface area contributed by atoms with E-state index >= 15 is 0 Å². The number of likely N-dealkylation sites (tertiary alicyclic amines) is 1. The Morgan fingerprint density at radius 3 is 2.79 bits per heavy atom. The highest BCUT2D eigenvalue weighted by atomic mass is 19.1. The van der Waals surface area contributed by atoms with Crippen LogP contribution in [0, 0.1) is 11.7 Å². The second-order valence-electron chi connectivity index (χ2n) is 7.51. The maximum absolute atomic E-state index is 13.6. The molecule has 0 aliphatic carbocycles. The van der Waals surface area contributed by atoms with Crippen LogP contribution in [0.15, 0.2) is 54.6 Å². The molecule has 2 aromatic rings. The van der Waals surface area contributed by atoms with Crippen LogP contribution in [0.3, 0.4) is 0 Å².